The lowest BCUT2D eigenvalue weighted by atomic mass is 9.99. The minimum Gasteiger partial charge on any atom is -0.386 e. The van der Waals surface area contributed by atoms with E-state index in [1.807, 2.05) is 0 Å². The molecule has 3 nitrogen and oxygen atoms in total. The molecule has 1 aliphatic rings. The Morgan fingerprint density at radius 2 is 1.31 bits per heavy atom. The Morgan fingerprint density at radius 1 is 0.812 bits per heavy atom. The molecule has 0 amide bonds. The Morgan fingerprint density at radius 3 is 1.81 bits per heavy atom. The summed E-state index contributed by atoms with van der Waals surface area (Å²) in [6, 6.07) is 0. The van der Waals surface area contributed by atoms with Gasteiger partial charge in [0.25, 0.3) is 0 Å². The predicted octanol–water partition coefficient (Wildman–Crippen LogP) is 3.14. The van der Waals surface area contributed by atoms with Crippen molar-refractivity contribution in [1.82, 2.24) is 0 Å². The fraction of sp³-hybridized carbons (Fsp3) is 0.692. The highest BCUT2D eigenvalue weighted by Crippen LogP contribution is 2.26. The summed E-state index contributed by atoms with van der Waals surface area (Å²) >= 11 is 0. The van der Waals surface area contributed by atoms with Gasteiger partial charge in [0.1, 0.15) is 0 Å². The highest BCUT2D eigenvalue weighted by Gasteiger charge is 2.31. The topological polar surface area (TPSA) is 43.4 Å². The SMILES string of the molecule is CCCCCC1=C(CCCC)C(=O)OC1=O. The lowest BCUT2D eigenvalue weighted by molar-refractivity contribution is -0.151. The molecule has 90 valence electrons. The first kappa shape index (κ1) is 12.9. The van der Waals surface area contributed by atoms with Crippen LogP contribution in [-0.4, -0.2) is 11.9 Å². The monoisotopic (exact) mass is 224 g/mol. The zero-order valence-corrected chi connectivity index (χ0v) is 10.2. The van der Waals surface area contributed by atoms with Crippen molar-refractivity contribution in [2.24, 2.45) is 0 Å². The van der Waals surface area contributed by atoms with Gasteiger partial charge < -0.3 is 4.74 Å². The summed E-state index contributed by atoms with van der Waals surface area (Å²) in [7, 11) is 0. The van der Waals surface area contributed by atoms with Crippen molar-refractivity contribution >= 4 is 11.9 Å². The fourth-order valence-corrected chi connectivity index (χ4v) is 1.87. The molecule has 0 spiro atoms. The number of cyclic esters (lactones) is 2. The lowest BCUT2D eigenvalue weighted by Gasteiger charge is -2.01. The minimum absolute atomic E-state index is 0.410. The Balaban J connectivity index is 2.65. The van der Waals surface area contributed by atoms with E-state index in [-0.39, 0.29) is 0 Å². The number of esters is 2. The van der Waals surface area contributed by atoms with Gasteiger partial charge in [-0.2, -0.15) is 0 Å². The lowest BCUT2D eigenvalue weighted by Crippen LogP contribution is -2.02. The Labute approximate surface area is 96.9 Å². The van der Waals surface area contributed by atoms with Crippen LogP contribution in [0.1, 0.15) is 58.8 Å². The maximum atomic E-state index is 11.5. The largest absolute Gasteiger partial charge is 0.386 e. The summed E-state index contributed by atoms with van der Waals surface area (Å²) in [6.07, 6.45) is 6.50. The van der Waals surface area contributed by atoms with Gasteiger partial charge in [0.2, 0.25) is 0 Å². The molecule has 0 aromatic carbocycles. The molecule has 3 heteroatoms. The smallest absolute Gasteiger partial charge is 0.342 e. The molecule has 0 saturated carbocycles. The summed E-state index contributed by atoms with van der Waals surface area (Å²) < 4.78 is 4.66. The van der Waals surface area contributed by atoms with Crippen LogP contribution < -0.4 is 0 Å². The van der Waals surface area contributed by atoms with Gasteiger partial charge in [0.15, 0.2) is 0 Å². The molecular formula is C13H20O3. The molecule has 0 aliphatic carbocycles. The van der Waals surface area contributed by atoms with Crippen LogP contribution in [0.4, 0.5) is 0 Å². The Bertz CT molecular complexity index is 302. The molecule has 0 N–H and O–H groups in total. The van der Waals surface area contributed by atoms with Crippen LogP contribution in [0, 0.1) is 0 Å². The first-order valence-corrected chi connectivity index (χ1v) is 6.19. The van der Waals surface area contributed by atoms with Crippen molar-refractivity contribution < 1.29 is 14.3 Å². The van der Waals surface area contributed by atoms with Crippen LogP contribution in [0.3, 0.4) is 0 Å². The van der Waals surface area contributed by atoms with E-state index in [2.05, 4.69) is 18.6 Å². The van der Waals surface area contributed by atoms with Gasteiger partial charge in [-0.05, 0) is 25.7 Å². The van der Waals surface area contributed by atoms with Crippen LogP contribution in [0.15, 0.2) is 11.1 Å². The van der Waals surface area contributed by atoms with Gasteiger partial charge in [0.05, 0.1) is 0 Å². The zero-order valence-electron chi connectivity index (χ0n) is 10.2. The van der Waals surface area contributed by atoms with Crippen LogP contribution in [0.5, 0.6) is 0 Å². The minimum atomic E-state index is -0.412. The van der Waals surface area contributed by atoms with Crippen molar-refractivity contribution in [3.05, 3.63) is 11.1 Å². The van der Waals surface area contributed by atoms with E-state index >= 15 is 0 Å². The van der Waals surface area contributed by atoms with E-state index in [9.17, 15) is 9.59 Å². The van der Waals surface area contributed by atoms with E-state index in [0.717, 1.165) is 32.1 Å². The van der Waals surface area contributed by atoms with Gasteiger partial charge in [0, 0.05) is 11.1 Å². The second-order valence-corrected chi connectivity index (χ2v) is 4.19. The Hall–Kier alpha value is -1.12. The standard InChI is InChI=1S/C13H20O3/c1-3-5-7-9-11-10(8-6-4-2)12(14)16-13(11)15/h3-9H2,1-2H3. The second-order valence-electron chi connectivity index (χ2n) is 4.19. The molecule has 0 radical (unpaired) electrons. The number of carbonyl (C=O) groups is 2. The number of hydrogen-bond donors (Lipinski definition) is 0. The molecule has 16 heavy (non-hydrogen) atoms. The maximum Gasteiger partial charge on any atom is 0.342 e. The summed E-state index contributed by atoms with van der Waals surface area (Å²) in [5, 5.41) is 0. The molecular weight excluding hydrogens is 204 g/mol. The number of carbonyl (C=O) groups excluding carboxylic acids is 2. The van der Waals surface area contributed by atoms with Crippen molar-refractivity contribution in [3.63, 3.8) is 0 Å². The summed E-state index contributed by atoms with van der Waals surface area (Å²) in [6.45, 7) is 4.18. The number of ether oxygens (including phenoxy) is 1. The normalized spacial score (nSPS) is 15.9. The number of rotatable bonds is 7. The van der Waals surface area contributed by atoms with Crippen molar-refractivity contribution in [2.75, 3.05) is 0 Å². The van der Waals surface area contributed by atoms with Gasteiger partial charge in [-0.25, -0.2) is 9.59 Å². The van der Waals surface area contributed by atoms with Crippen molar-refractivity contribution in [3.8, 4) is 0 Å². The zero-order chi connectivity index (χ0) is 12.0. The van der Waals surface area contributed by atoms with Crippen LogP contribution in [-0.2, 0) is 14.3 Å². The number of unbranched alkanes of at least 4 members (excludes halogenated alkanes) is 3. The molecule has 0 saturated heterocycles. The van der Waals surface area contributed by atoms with E-state index < -0.39 is 11.9 Å². The average Bonchev–Trinajstić information content (AvgIpc) is 2.52. The Kier molecular flexibility index (Phi) is 5.23. The summed E-state index contributed by atoms with van der Waals surface area (Å²) in [5.41, 5.74) is 1.26. The maximum absolute atomic E-state index is 11.5. The predicted molar refractivity (Wildman–Crippen MR) is 61.8 cm³/mol. The average molecular weight is 224 g/mol. The van der Waals surface area contributed by atoms with Crippen LogP contribution in [0.25, 0.3) is 0 Å². The third kappa shape index (κ3) is 3.19. The second kappa shape index (κ2) is 6.46. The molecule has 0 unspecified atom stereocenters. The fourth-order valence-electron chi connectivity index (χ4n) is 1.87. The van der Waals surface area contributed by atoms with Crippen molar-refractivity contribution in [2.45, 2.75) is 58.8 Å². The van der Waals surface area contributed by atoms with Gasteiger partial charge >= 0.3 is 11.9 Å². The highest BCUT2D eigenvalue weighted by molar-refractivity contribution is 6.12. The molecule has 1 aliphatic heterocycles. The van der Waals surface area contributed by atoms with Gasteiger partial charge in [-0.1, -0.05) is 33.1 Å². The molecule has 1 rings (SSSR count). The van der Waals surface area contributed by atoms with E-state index in [1.165, 1.54) is 0 Å². The van der Waals surface area contributed by atoms with Crippen LogP contribution in [0.2, 0.25) is 0 Å². The van der Waals surface area contributed by atoms with Crippen molar-refractivity contribution in [1.29, 1.82) is 0 Å². The third-order valence-corrected chi connectivity index (χ3v) is 2.85. The first-order chi connectivity index (χ1) is 7.70. The quantitative estimate of drug-likeness (QED) is 0.379. The molecule has 0 fully saturated rings. The number of hydrogen-bond acceptors (Lipinski definition) is 3. The van der Waals surface area contributed by atoms with Gasteiger partial charge in [-0.3, -0.25) is 0 Å². The molecule has 0 bridgehead atoms. The summed E-state index contributed by atoms with van der Waals surface area (Å²) in [5.74, 6) is -0.822. The van der Waals surface area contributed by atoms with E-state index in [1.54, 1.807) is 0 Å². The van der Waals surface area contributed by atoms with Crippen LogP contribution >= 0.6 is 0 Å². The molecule has 1 heterocycles. The third-order valence-electron chi connectivity index (χ3n) is 2.85. The van der Waals surface area contributed by atoms with E-state index in [0.29, 0.717) is 24.0 Å². The molecule has 0 aromatic rings. The molecule has 0 atom stereocenters. The molecule has 0 aromatic heterocycles. The van der Waals surface area contributed by atoms with Gasteiger partial charge in [-0.15, -0.1) is 0 Å². The summed E-state index contributed by atoms with van der Waals surface area (Å²) in [4.78, 5) is 22.9. The highest BCUT2D eigenvalue weighted by atomic mass is 16.6. The first-order valence-electron chi connectivity index (χ1n) is 6.19. The van der Waals surface area contributed by atoms with E-state index in [4.69, 9.17) is 0 Å².